The number of methoxy groups -OCH3 is 1. The second kappa shape index (κ2) is 8.99. The smallest absolute Gasteiger partial charge is 0.338 e. The van der Waals surface area contributed by atoms with Gasteiger partial charge in [0.2, 0.25) is 0 Å². The summed E-state index contributed by atoms with van der Waals surface area (Å²) in [5, 5.41) is 16.3. The first-order valence-corrected chi connectivity index (χ1v) is 9.24. The Balaban J connectivity index is 2.62. The van der Waals surface area contributed by atoms with Gasteiger partial charge in [0.1, 0.15) is 0 Å². The lowest BCUT2D eigenvalue weighted by atomic mass is 9.92. The van der Waals surface area contributed by atoms with Gasteiger partial charge in [0.15, 0.2) is 11.5 Å². The van der Waals surface area contributed by atoms with Crippen LogP contribution in [0.15, 0.2) is 23.4 Å². The van der Waals surface area contributed by atoms with Crippen LogP contribution in [0.5, 0.6) is 11.5 Å². The Hall–Kier alpha value is -2.41. The molecular formula is C19H25ClN2O5. The maximum absolute atomic E-state index is 12.8. The SMILES string of the molecule is CCCCC1=C(C(=O)OC(C)C)C(c2cc(Cl)cc(OC)c2O)NC(=O)N1. The van der Waals surface area contributed by atoms with Gasteiger partial charge >= 0.3 is 12.0 Å². The van der Waals surface area contributed by atoms with Gasteiger partial charge in [0.05, 0.1) is 24.8 Å². The Morgan fingerprint density at radius 2 is 2.07 bits per heavy atom. The molecule has 1 heterocycles. The summed E-state index contributed by atoms with van der Waals surface area (Å²) in [5.41, 5.74) is 0.991. The van der Waals surface area contributed by atoms with Crippen LogP contribution in [0.2, 0.25) is 5.02 Å². The number of halogens is 1. The van der Waals surface area contributed by atoms with E-state index in [2.05, 4.69) is 10.6 Å². The number of ether oxygens (including phenoxy) is 2. The van der Waals surface area contributed by atoms with E-state index in [0.29, 0.717) is 17.1 Å². The minimum atomic E-state index is -0.913. The summed E-state index contributed by atoms with van der Waals surface area (Å²) in [4.78, 5) is 25.0. The zero-order valence-corrected chi connectivity index (χ0v) is 16.6. The molecule has 1 atom stereocenters. The summed E-state index contributed by atoms with van der Waals surface area (Å²) in [5.74, 6) is -0.609. The Morgan fingerprint density at radius 1 is 1.37 bits per heavy atom. The Bertz CT molecular complexity index is 761. The number of carbonyl (C=O) groups excluding carboxylic acids is 2. The van der Waals surface area contributed by atoms with Crippen molar-refractivity contribution in [2.24, 2.45) is 0 Å². The van der Waals surface area contributed by atoms with E-state index in [1.165, 1.54) is 19.2 Å². The maximum atomic E-state index is 12.8. The number of hydrogen-bond acceptors (Lipinski definition) is 5. The fraction of sp³-hybridized carbons (Fsp3) is 0.474. The van der Waals surface area contributed by atoms with E-state index in [1.807, 2.05) is 6.92 Å². The number of unbranched alkanes of at least 4 members (excludes halogenated alkanes) is 1. The fourth-order valence-electron chi connectivity index (χ4n) is 2.89. The molecule has 1 aromatic rings. The van der Waals surface area contributed by atoms with Crippen molar-refractivity contribution in [3.63, 3.8) is 0 Å². The first-order chi connectivity index (χ1) is 12.8. The summed E-state index contributed by atoms with van der Waals surface area (Å²) in [6.45, 7) is 5.50. The number of urea groups is 1. The number of nitrogens with one attached hydrogen (secondary N) is 2. The van der Waals surface area contributed by atoms with Crippen molar-refractivity contribution in [3.8, 4) is 11.5 Å². The standard InChI is InChI=1S/C19H25ClN2O5/c1-5-6-7-13-15(18(24)27-10(2)3)16(22-19(25)21-13)12-8-11(20)9-14(26-4)17(12)23/h8-10,16,23H,5-7H2,1-4H3,(H2,21,22,25). The molecule has 2 rings (SSSR count). The fourth-order valence-corrected chi connectivity index (χ4v) is 3.11. The van der Waals surface area contributed by atoms with Gasteiger partial charge in [-0.05, 0) is 32.8 Å². The number of phenols is 1. The van der Waals surface area contributed by atoms with E-state index in [4.69, 9.17) is 21.1 Å². The lowest BCUT2D eigenvalue weighted by Gasteiger charge is -2.30. The first-order valence-electron chi connectivity index (χ1n) is 8.86. The van der Waals surface area contributed by atoms with Gasteiger partial charge < -0.3 is 25.2 Å². The van der Waals surface area contributed by atoms with Crippen LogP contribution < -0.4 is 15.4 Å². The summed E-state index contributed by atoms with van der Waals surface area (Å²) < 4.78 is 10.5. The number of amides is 2. The predicted octanol–water partition coefficient (Wildman–Crippen LogP) is 3.80. The minimum Gasteiger partial charge on any atom is -0.504 e. The lowest BCUT2D eigenvalue weighted by Crippen LogP contribution is -2.46. The second-order valence-electron chi connectivity index (χ2n) is 6.53. The predicted molar refractivity (Wildman–Crippen MR) is 102 cm³/mol. The van der Waals surface area contributed by atoms with Crippen LogP contribution in [0.25, 0.3) is 0 Å². The van der Waals surface area contributed by atoms with E-state index in [9.17, 15) is 14.7 Å². The largest absolute Gasteiger partial charge is 0.504 e. The average Bonchev–Trinajstić information content (AvgIpc) is 2.60. The van der Waals surface area contributed by atoms with Crippen LogP contribution in [0, 0.1) is 0 Å². The lowest BCUT2D eigenvalue weighted by molar-refractivity contribution is -0.143. The molecule has 27 heavy (non-hydrogen) atoms. The van der Waals surface area contributed by atoms with Crippen LogP contribution in [-0.2, 0) is 9.53 Å². The number of hydrogen-bond donors (Lipinski definition) is 3. The van der Waals surface area contributed by atoms with Gasteiger partial charge in [-0.25, -0.2) is 9.59 Å². The number of benzene rings is 1. The van der Waals surface area contributed by atoms with Gasteiger partial charge in [-0.2, -0.15) is 0 Å². The van der Waals surface area contributed by atoms with Gasteiger partial charge in [0.25, 0.3) is 0 Å². The van der Waals surface area contributed by atoms with Crippen molar-refractivity contribution in [1.82, 2.24) is 10.6 Å². The summed E-state index contributed by atoms with van der Waals surface area (Å²) in [6, 6.07) is 1.57. The first kappa shape index (κ1) is 20.9. The van der Waals surface area contributed by atoms with Crippen LogP contribution >= 0.6 is 11.6 Å². The third-order valence-electron chi connectivity index (χ3n) is 4.10. The minimum absolute atomic E-state index is 0.150. The molecule has 0 aliphatic carbocycles. The van der Waals surface area contributed by atoms with Crippen molar-refractivity contribution in [2.75, 3.05) is 7.11 Å². The highest BCUT2D eigenvalue weighted by Crippen LogP contribution is 2.41. The molecule has 148 valence electrons. The molecule has 0 saturated heterocycles. The topological polar surface area (TPSA) is 96.9 Å². The van der Waals surface area contributed by atoms with E-state index in [1.54, 1.807) is 13.8 Å². The van der Waals surface area contributed by atoms with Crippen molar-refractivity contribution >= 4 is 23.6 Å². The van der Waals surface area contributed by atoms with Crippen molar-refractivity contribution < 1.29 is 24.2 Å². The maximum Gasteiger partial charge on any atom is 0.338 e. The van der Waals surface area contributed by atoms with Crippen LogP contribution in [0.4, 0.5) is 4.79 Å². The molecule has 0 aromatic heterocycles. The Kier molecular flexibility index (Phi) is 6.96. The van der Waals surface area contributed by atoms with Crippen LogP contribution in [0.1, 0.15) is 51.6 Å². The highest BCUT2D eigenvalue weighted by atomic mass is 35.5. The summed E-state index contributed by atoms with van der Waals surface area (Å²) in [6.07, 6.45) is 1.84. The van der Waals surface area contributed by atoms with E-state index in [0.717, 1.165) is 12.8 Å². The zero-order chi connectivity index (χ0) is 20.1. The molecule has 0 bridgehead atoms. The van der Waals surface area contributed by atoms with Crippen LogP contribution in [-0.4, -0.2) is 30.3 Å². The number of phenolic OH excluding ortho intramolecular Hbond substituents is 1. The molecule has 8 heteroatoms. The number of carbonyl (C=O) groups is 2. The van der Waals surface area contributed by atoms with E-state index in [-0.39, 0.29) is 28.7 Å². The van der Waals surface area contributed by atoms with Gasteiger partial charge in [0, 0.05) is 22.3 Å². The molecule has 1 aliphatic heterocycles. The van der Waals surface area contributed by atoms with Gasteiger partial charge in [-0.1, -0.05) is 24.9 Å². The third kappa shape index (κ3) is 4.86. The number of rotatable bonds is 7. The average molecular weight is 397 g/mol. The molecule has 2 amide bonds. The van der Waals surface area contributed by atoms with Crippen LogP contribution in [0.3, 0.4) is 0 Å². The molecule has 1 aliphatic rings. The number of aromatic hydroxyl groups is 1. The van der Waals surface area contributed by atoms with Gasteiger partial charge in [-0.3, -0.25) is 0 Å². The normalized spacial score (nSPS) is 16.8. The molecule has 3 N–H and O–H groups in total. The molecule has 0 saturated carbocycles. The number of allylic oxidation sites excluding steroid dienone is 1. The highest BCUT2D eigenvalue weighted by Gasteiger charge is 2.36. The third-order valence-corrected chi connectivity index (χ3v) is 4.31. The van der Waals surface area contributed by atoms with Crippen molar-refractivity contribution in [1.29, 1.82) is 0 Å². The second-order valence-corrected chi connectivity index (χ2v) is 6.96. The molecule has 0 radical (unpaired) electrons. The Morgan fingerprint density at radius 3 is 2.67 bits per heavy atom. The Labute approximate surface area is 163 Å². The highest BCUT2D eigenvalue weighted by molar-refractivity contribution is 6.30. The number of esters is 1. The quantitative estimate of drug-likeness (QED) is 0.609. The van der Waals surface area contributed by atoms with Crippen molar-refractivity contribution in [2.45, 2.75) is 52.2 Å². The molecule has 1 aromatic carbocycles. The molecule has 1 unspecified atom stereocenters. The monoisotopic (exact) mass is 396 g/mol. The zero-order valence-electron chi connectivity index (χ0n) is 15.9. The van der Waals surface area contributed by atoms with E-state index < -0.39 is 18.0 Å². The summed E-state index contributed by atoms with van der Waals surface area (Å²) in [7, 11) is 1.40. The van der Waals surface area contributed by atoms with Crippen molar-refractivity contribution in [3.05, 3.63) is 34.0 Å². The summed E-state index contributed by atoms with van der Waals surface area (Å²) >= 11 is 6.14. The van der Waals surface area contributed by atoms with Gasteiger partial charge in [-0.15, -0.1) is 0 Å². The van der Waals surface area contributed by atoms with E-state index >= 15 is 0 Å². The molecule has 0 fully saturated rings. The molecular weight excluding hydrogens is 372 g/mol. The molecule has 7 nitrogen and oxygen atoms in total. The molecule has 0 spiro atoms.